The summed E-state index contributed by atoms with van der Waals surface area (Å²) in [5.74, 6) is 0. The first kappa shape index (κ1) is 14.6. The molecule has 1 aromatic rings. The van der Waals surface area contributed by atoms with Crippen LogP contribution < -0.4 is 5.32 Å². The summed E-state index contributed by atoms with van der Waals surface area (Å²) >= 11 is 12.3. The van der Waals surface area contributed by atoms with E-state index in [2.05, 4.69) is 16.3 Å². The third-order valence-electron chi connectivity index (χ3n) is 3.62. The first-order valence-corrected chi connectivity index (χ1v) is 7.12. The number of nitrogens with zero attached hydrogens (tertiary/aromatic N) is 2. The molecule has 0 aliphatic carbocycles. The van der Waals surface area contributed by atoms with Crippen molar-refractivity contribution in [2.75, 3.05) is 26.2 Å². The van der Waals surface area contributed by atoms with Crippen molar-refractivity contribution < 1.29 is 0 Å². The van der Waals surface area contributed by atoms with Crippen LogP contribution in [0.2, 0.25) is 10.0 Å². The molecule has 1 aliphatic heterocycles. The van der Waals surface area contributed by atoms with E-state index in [0.29, 0.717) is 16.5 Å². The quantitative estimate of drug-likeness (QED) is 0.932. The number of nitrogens with one attached hydrogen (secondary N) is 1. The van der Waals surface area contributed by atoms with Crippen LogP contribution >= 0.6 is 23.2 Å². The molecule has 0 bridgehead atoms. The van der Waals surface area contributed by atoms with Gasteiger partial charge in [-0.2, -0.15) is 5.26 Å². The van der Waals surface area contributed by atoms with E-state index in [-0.39, 0.29) is 0 Å². The van der Waals surface area contributed by atoms with Crippen molar-refractivity contribution in [3.05, 3.63) is 33.8 Å². The van der Waals surface area contributed by atoms with E-state index in [9.17, 15) is 5.26 Å². The van der Waals surface area contributed by atoms with Gasteiger partial charge in [0.25, 0.3) is 0 Å². The highest BCUT2D eigenvalue weighted by Crippen LogP contribution is 2.30. The van der Waals surface area contributed by atoms with Crippen molar-refractivity contribution in [1.29, 1.82) is 5.26 Å². The van der Waals surface area contributed by atoms with Crippen LogP contribution in [0.3, 0.4) is 0 Å². The van der Waals surface area contributed by atoms with E-state index < -0.39 is 5.54 Å². The largest absolute Gasteiger partial charge is 0.314 e. The van der Waals surface area contributed by atoms with Gasteiger partial charge in [0.2, 0.25) is 0 Å². The lowest BCUT2D eigenvalue weighted by molar-refractivity contribution is 0.133. The molecule has 0 radical (unpaired) electrons. The third-order valence-corrected chi connectivity index (χ3v) is 4.48. The third kappa shape index (κ3) is 3.21. The highest BCUT2D eigenvalue weighted by Gasteiger charge is 2.33. The molecule has 1 saturated heterocycles. The molecule has 1 aromatic carbocycles. The zero-order valence-electron chi connectivity index (χ0n) is 10.9. The van der Waals surface area contributed by atoms with E-state index in [1.807, 2.05) is 19.1 Å². The zero-order valence-corrected chi connectivity index (χ0v) is 12.4. The van der Waals surface area contributed by atoms with E-state index in [1.165, 1.54) is 0 Å². The van der Waals surface area contributed by atoms with Crippen LogP contribution in [0.4, 0.5) is 0 Å². The maximum Gasteiger partial charge on any atom is 0.110 e. The van der Waals surface area contributed by atoms with E-state index in [4.69, 9.17) is 23.2 Å². The molecule has 0 saturated carbocycles. The fourth-order valence-electron chi connectivity index (χ4n) is 2.44. The van der Waals surface area contributed by atoms with Crippen molar-refractivity contribution in [3.8, 4) is 6.07 Å². The van der Waals surface area contributed by atoms with Gasteiger partial charge in [-0.3, -0.25) is 4.90 Å². The highest BCUT2D eigenvalue weighted by atomic mass is 35.5. The topological polar surface area (TPSA) is 39.1 Å². The molecule has 1 N–H and O–H groups in total. The minimum absolute atomic E-state index is 0.541. The van der Waals surface area contributed by atoms with E-state index in [0.717, 1.165) is 31.7 Å². The summed E-state index contributed by atoms with van der Waals surface area (Å²) in [6, 6.07) is 8.02. The predicted octanol–water partition coefficient (Wildman–Crippen LogP) is 2.72. The van der Waals surface area contributed by atoms with Gasteiger partial charge in [-0.1, -0.05) is 35.3 Å². The average molecular weight is 298 g/mol. The molecular formula is C14H17Cl2N3. The van der Waals surface area contributed by atoms with E-state index in [1.54, 1.807) is 6.07 Å². The molecule has 2 rings (SSSR count). The number of halogens is 2. The molecular weight excluding hydrogens is 281 g/mol. The van der Waals surface area contributed by atoms with Crippen LogP contribution in [-0.2, 0) is 6.42 Å². The van der Waals surface area contributed by atoms with Crippen LogP contribution in [0.25, 0.3) is 0 Å². The van der Waals surface area contributed by atoms with Gasteiger partial charge in [-0.25, -0.2) is 0 Å². The lowest BCUT2D eigenvalue weighted by Gasteiger charge is -2.39. The molecule has 1 fully saturated rings. The summed E-state index contributed by atoms with van der Waals surface area (Å²) in [5.41, 5.74) is 0.382. The Kier molecular flexibility index (Phi) is 4.70. The molecule has 1 aliphatic rings. The summed E-state index contributed by atoms with van der Waals surface area (Å²) in [7, 11) is 0. The lowest BCUT2D eigenvalue weighted by atomic mass is 9.91. The summed E-state index contributed by atoms with van der Waals surface area (Å²) in [4.78, 5) is 2.21. The van der Waals surface area contributed by atoms with E-state index >= 15 is 0 Å². The zero-order chi connectivity index (χ0) is 13.9. The molecule has 1 atom stereocenters. The van der Waals surface area contributed by atoms with Crippen LogP contribution in [0.5, 0.6) is 0 Å². The Morgan fingerprint density at radius 2 is 2.05 bits per heavy atom. The van der Waals surface area contributed by atoms with Crippen molar-refractivity contribution in [1.82, 2.24) is 10.2 Å². The van der Waals surface area contributed by atoms with Gasteiger partial charge in [-0.05, 0) is 18.6 Å². The van der Waals surface area contributed by atoms with Gasteiger partial charge in [0.15, 0.2) is 0 Å². The minimum Gasteiger partial charge on any atom is -0.314 e. The molecule has 19 heavy (non-hydrogen) atoms. The average Bonchev–Trinajstić information content (AvgIpc) is 2.45. The SMILES string of the molecule is CC(C#N)(Cc1cccc(Cl)c1Cl)N1CCNCC1. The highest BCUT2D eigenvalue weighted by molar-refractivity contribution is 6.42. The lowest BCUT2D eigenvalue weighted by Crippen LogP contribution is -2.55. The predicted molar refractivity (Wildman–Crippen MR) is 78.6 cm³/mol. The van der Waals surface area contributed by atoms with Crippen molar-refractivity contribution in [2.45, 2.75) is 18.9 Å². The molecule has 5 heteroatoms. The van der Waals surface area contributed by atoms with Crippen LogP contribution in [0.1, 0.15) is 12.5 Å². The first-order chi connectivity index (χ1) is 9.07. The summed E-state index contributed by atoms with van der Waals surface area (Å²) in [5, 5.41) is 14.0. The smallest absolute Gasteiger partial charge is 0.110 e. The number of hydrogen-bond acceptors (Lipinski definition) is 3. The maximum atomic E-state index is 9.57. The second-order valence-corrected chi connectivity index (χ2v) is 5.80. The standard InChI is InChI=1S/C14H17Cl2N3/c1-14(10-17,19-7-5-18-6-8-19)9-11-3-2-4-12(15)13(11)16/h2-4,18H,5-9H2,1H3. The number of piperazine rings is 1. The van der Waals surface area contributed by atoms with Crippen LogP contribution in [-0.4, -0.2) is 36.6 Å². The number of rotatable bonds is 3. The molecule has 1 heterocycles. The molecule has 0 amide bonds. The molecule has 0 aromatic heterocycles. The number of nitriles is 1. The van der Waals surface area contributed by atoms with Gasteiger partial charge in [-0.15, -0.1) is 0 Å². The maximum absolute atomic E-state index is 9.57. The Morgan fingerprint density at radius 3 is 2.68 bits per heavy atom. The molecule has 0 spiro atoms. The van der Waals surface area contributed by atoms with Crippen molar-refractivity contribution in [2.24, 2.45) is 0 Å². The van der Waals surface area contributed by atoms with Crippen molar-refractivity contribution in [3.63, 3.8) is 0 Å². The van der Waals surface area contributed by atoms with Crippen molar-refractivity contribution >= 4 is 23.2 Å². The summed E-state index contributed by atoms with van der Waals surface area (Å²) in [6.07, 6.45) is 0.586. The van der Waals surface area contributed by atoms with Gasteiger partial charge < -0.3 is 5.32 Å². The number of hydrogen-bond donors (Lipinski definition) is 1. The summed E-state index contributed by atoms with van der Waals surface area (Å²) < 4.78 is 0. The second-order valence-electron chi connectivity index (χ2n) is 5.01. The van der Waals surface area contributed by atoms with Gasteiger partial charge in [0.1, 0.15) is 5.54 Å². The normalized spacial score (nSPS) is 19.7. The van der Waals surface area contributed by atoms with Gasteiger partial charge >= 0.3 is 0 Å². The Bertz CT molecular complexity index is 492. The fourth-order valence-corrected chi connectivity index (χ4v) is 2.82. The Hall–Kier alpha value is -0.790. The Morgan fingerprint density at radius 1 is 1.37 bits per heavy atom. The minimum atomic E-state index is -0.545. The Labute approximate surface area is 124 Å². The molecule has 3 nitrogen and oxygen atoms in total. The second kappa shape index (κ2) is 6.11. The monoisotopic (exact) mass is 297 g/mol. The van der Waals surface area contributed by atoms with Crippen LogP contribution in [0.15, 0.2) is 18.2 Å². The number of benzene rings is 1. The van der Waals surface area contributed by atoms with Crippen LogP contribution in [0, 0.1) is 11.3 Å². The molecule has 102 valence electrons. The van der Waals surface area contributed by atoms with Gasteiger partial charge in [0, 0.05) is 32.6 Å². The first-order valence-electron chi connectivity index (χ1n) is 6.37. The summed E-state index contributed by atoms with van der Waals surface area (Å²) in [6.45, 7) is 5.56. The molecule has 1 unspecified atom stereocenters. The van der Waals surface area contributed by atoms with Gasteiger partial charge in [0.05, 0.1) is 16.1 Å². The Balaban J connectivity index is 2.22. The fraction of sp³-hybridized carbons (Fsp3) is 0.500.